The van der Waals surface area contributed by atoms with Crippen LogP contribution in [0.15, 0.2) is 48.5 Å². The van der Waals surface area contributed by atoms with E-state index in [1.54, 1.807) is 12.1 Å². The second-order valence-corrected chi connectivity index (χ2v) is 8.14. The molecule has 3 rings (SSSR count). The van der Waals surface area contributed by atoms with E-state index < -0.39 is 18.4 Å². The summed E-state index contributed by atoms with van der Waals surface area (Å²) in [6, 6.07) is 14.1. The average molecular weight is 431 g/mol. The molecule has 160 valence electrons. The number of hydrogen-bond acceptors (Lipinski definition) is 4. The molecule has 2 aromatic rings. The Morgan fingerprint density at radius 3 is 2.30 bits per heavy atom. The third-order valence-corrected chi connectivity index (χ3v) is 5.04. The third-order valence-electron chi connectivity index (χ3n) is 4.78. The number of imide groups is 1. The SMILES string of the molecule is CC(C)Cc1ccc(NC2NC(=O)N(CCO)C(=O)N2Cc2ccc(Cl)cc2)cc1. The molecule has 1 saturated heterocycles. The van der Waals surface area contributed by atoms with Crippen molar-refractivity contribution in [3.05, 3.63) is 64.7 Å². The Balaban J connectivity index is 1.80. The molecular weight excluding hydrogens is 404 g/mol. The van der Waals surface area contributed by atoms with Crippen molar-refractivity contribution in [3.63, 3.8) is 0 Å². The number of amides is 4. The second kappa shape index (κ2) is 9.82. The van der Waals surface area contributed by atoms with Crippen molar-refractivity contribution >= 4 is 29.4 Å². The topological polar surface area (TPSA) is 84.9 Å². The van der Waals surface area contributed by atoms with Gasteiger partial charge in [0.25, 0.3) is 0 Å². The molecule has 3 N–H and O–H groups in total. The number of hydrogen-bond donors (Lipinski definition) is 3. The first kappa shape index (κ1) is 21.9. The van der Waals surface area contributed by atoms with Crippen LogP contribution in [0.4, 0.5) is 15.3 Å². The van der Waals surface area contributed by atoms with Crippen molar-refractivity contribution in [2.75, 3.05) is 18.5 Å². The van der Waals surface area contributed by atoms with Crippen LogP contribution in [0.2, 0.25) is 5.02 Å². The molecule has 30 heavy (non-hydrogen) atoms. The van der Waals surface area contributed by atoms with E-state index in [4.69, 9.17) is 11.6 Å². The fourth-order valence-electron chi connectivity index (χ4n) is 3.35. The molecule has 0 aromatic heterocycles. The van der Waals surface area contributed by atoms with Crippen LogP contribution < -0.4 is 10.6 Å². The summed E-state index contributed by atoms with van der Waals surface area (Å²) in [5, 5.41) is 15.9. The number of urea groups is 2. The van der Waals surface area contributed by atoms with Crippen LogP contribution in [-0.4, -0.2) is 46.4 Å². The van der Waals surface area contributed by atoms with Crippen LogP contribution >= 0.6 is 11.6 Å². The van der Waals surface area contributed by atoms with Crippen molar-refractivity contribution in [2.24, 2.45) is 5.92 Å². The number of carbonyl (C=O) groups is 2. The lowest BCUT2D eigenvalue weighted by atomic mass is 10.0. The number of nitrogens with zero attached hydrogens (tertiary/aromatic N) is 2. The number of benzene rings is 2. The summed E-state index contributed by atoms with van der Waals surface area (Å²) in [7, 11) is 0. The fourth-order valence-corrected chi connectivity index (χ4v) is 3.47. The molecule has 1 unspecified atom stereocenters. The van der Waals surface area contributed by atoms with E-state index in [0.29, 0.717) is 10.9 Å². The van der Waals surface area contributed by atoms with Crippen LogP contribution in [0.5, 0.6) is 0 Å². The molecule has 2 aromatic carbocycles. The van der Waals surface area contributed by atoms with Gasteiger partial charge in [0.1, 0.15) is 0 Å². The molecule has 0 aliphatic carbocycles. The molecule has 7 nitrogen and oxygen atoms in total. The number of anilines is 1. The summed E-state index contributed by atoms with van der Waals surface area (Å²) in [4.78, 5) is 27.9. The van der Waals surface area contributed by atoms with E-state index in [-0.39, 0.29) is 19.7 Å². The molecular formula is C22H27ClN4O3. The predicted molar refractivity (Wildman–Crippen MR) is 117 cm³/mol. The zero-order valence-electron chi connectivity index (χ0n) is 17.1. The van der Waals surface area contributed by atoms with Gasteiger partial charge in [-0.05, 0) is 47.7 Å². The Morgan fingerprint density at radius 2 is 1.70 bits per heavy atom. The van der Waals surface area contributed by atoms with Crippen molar-refractivity contribution in [3.8, 4) is 0 Å². The molecule has 1 aliphatic heterocycles. The number of aliphatic hydroxyl groups is 1. The number of carbonyl (C=O) groups excluding carboxylic acids is 2. The van der Waals surface area contributed by atoms with Crippen LogP contribution in [0, 0.1) is 5.92 Å². The van der Waals surface area contributed by atoms with Crippen molar-refractivity contribution in [2.45, 2.75) is 33.1 Å². The average Bonchev–Trinajstić information content (AvgIpc) is 2.70. The van der Waals surface area contributed by atoms with Gasteiger partial charge in [-0.3, -0.25) is 10.2 Å². The van der Waals surface area contributed by atoms with Gasteiger partial charge in [-0.15, -0.1) is 0 Å². The minimum Gasteiger partial charge on any atom is -0.395 e. The van der Waals surface area contributed by atoms with Gasteiger partial charge >= 0.3 is 12.1 Å². The van der Waals surface area contributed by atoms with Crippen LogP contribution in [0.1, 0.15) is 25.0 Å². The molecule has 0 radical (unpaired) electrons. The van der Waals surface area contributed by atoms with Crippen LogP contribution in [0.3, 0.4) is 0 Å². The molecule has 0 bridgehead atoms. The number of halogens is 1. The zero-order valence-corrected chi connectivity index (χ0v) is 17.9. The van der Waals surface area contributed by atoms with Gasteiger partial charge in [0.15, 0.2) is 6.29 Å². The number of nitrogens with one attached hydrogen (secondary N) is 2. The van der Waals surface area contributed by atoms with E-state index in [0.717, 1.165) is 22.6 Å². The lowest BCUT2D eigenvalue weighted by molar-refractivity contribution is 0.0992. The Labute approximate surface area is 181 Å². The summed E-state index contributed by atoms with van der Waals surface area (Å²) >= 11 is 5.96. The third kappa shape index (κ3) is 5.43. The van der Waals surface area contributed by atoms with Gasteiger partial charge < -0.3 is 10.4 Å². The quantitative estimate of drug-likeness (QED) is 0.593. The second-order valence-electron chi connectivity index (χ2n) is 7.70. The smallest absolute Gasteiger partial charge is 0.331 e. The Kier molecular flexibility index (Phi) is 7.18. The molecule has 0 spiro atoms. The first-order chi connectivity index (χ1) is 14.4. The van der Waals surface area contributed by atoms with Gasteiger partial charge in [-0.25, -0.2) is 14.5 Å². The largest absolute Gasteiger partial charge is 0.395 e. The summed E-state index contributed by atoms with van der Waals surface area (Å²) in [6.07, 6.45) is 0.254. The lowest BCUT2D eigenvalue weighted by Crippen LogP contribution is -2.67. The van der Waals surface area contributed by atoms with Crippen molar-refractivity contribution in [1.29, 1.82) is 0 Å². The van der Waals surface area contributed by atoms with Gasteiger partial charge in [-0.2, -0.15) is 0 Å². The van der Waals surface area contributed by atoms with E-state index in [2.05, 4.69) is 24.5 Å². The summed E-state index contributed by atoms with van der Waals surface area (Å²) in [5.41, 5.74) is 2.88. The minimum absolute atomic E-state index is 0.0710. The molecule has 1 fully saturated rings. The highest BCUT2D eigenvalue weighted by molar-refractivity contribution is 6.30. The van der Waals surface area contributed by atoms with E-state index in [1.165, 1.54) is 10.5 Å². The number of β-amino-alcohol motifs (C(OH)–C–C–N with tert-alkyl or cyclic N) is 1. The summed E-state index contributed by atoms with van der Waals surface area (Å²) < 4.78 is 0. The fraction of sp³-hybridized carbons (Fsp3) is 0.364. The van der Waals surface area contributed by atoms with Crippen LogP contribution in [0.25, 0.3) is 0 Å². The van der Waals surface area contributed by atoms with E-state index in [1.807, 2.05) is 36.4 Å². The Morgan fingerprint density at radius 1 is 1.07 bits per heavy atom. The lowest BCUT2D eigenvalue weighted by Gasteiger charge is -2.41. The first-order valence-corrected chi connectivity index (χ1v) is 10.3. The van der Waals surface area contributed by atoms with Gasteiger partial charge in [0.2, 0.25) is 0 Å². The maximum atomic E-state index is 13.0. The van der Waals surface area contributed by atoms with Gasteiger partial charge in [0, 0.05) is 10.7 Å². The number of aliphatic hydroxyl groups excluding tert-OH is 1. The van der Waals surface area contributed by atoms with E-state index in [9.17, 15) is 14.7 Å². The Bertz CT molecular complexity index is 871. The molecule has 1 atom stereocenters. The Hall–Kier alpha value is -2.77. The molecule has 1 heterocycles. The van der Waals surface area contributed by atoms with E-state index >= 15 is 0 Å². The highest BCUT2D eigenvalue weighted by atomic mass is 35.5. The summed E-state index contributed by atoms with van der Waals surface area (Å²) in [6.45, 7) is 4.23. The predicted octanol–water partition coefficient (Wildman–Crippen LogP) is 3.87. The molecule has 8 heteroatoms. The first-order valence-electron chi connectivity index (χ1n) is 9.97. The van der Waals surface area contributed by atoms with Crippen molar-refractivity contribution in [1.82, 2.24) is 15.1 Å². The maximum absolute atomic E-state index is 13.0. The standard InChI is InChI=1S/C22H27ClN4O3/c1-15(2)13-16-5-9-19(10-6-16)24-20-25-21(29)26(11-12-28)22(30)27(20)14-17-3-7-18(23)8-4-17/h3-10,15,20,24,28H,11-14H2,1-2H3,(H,25,29). The van der Waals surface area contributed by atoms with Crippen molar-refractivity contribution < 1.29 is 14.7 Å². The highest BCUT2D eigenvalue weighted by Crippen LogP contribution is 2.20. The minimum atomic E-state index is -0.730. The summed E-state index contributed by atoms with van der Waals surface area (Å²) in [5.74, 6) is 0.562. The maximum Gasteiger partial charge on any atom is 0.331 e. The molecule has 1 aliphatic rings. The molecule has 4 amide bonds. The van der Waals surface area contributed by atoms with Gasteiger partial charge in [0.05, 0.1) is 19.7 Å². The van der Waals surface area contributed by atoms with Crippen LogP contribution in [-0.2, 0) is 13.0 Å². The van der Waals surface area contributed by atoms with Gasteiger partial charge in [-0.1, -0.05) is 49.7 Å². The zero-order chi connectivity index (χ0) is 21.7. The number of rotatable bonds is 8. The molecule has 0 saturated carbocycles. The monoisotopic (exact) mass is 430 g/mol. The normalized spacial score (nSPS) is 16.8. The highest BCUT2D eigenvalue weighted by Gasteiger charge is 2.38.